The summed E-state index contributed by atoms with van der Waals surface area (Å²) in [4.78, 5) is 37.5. The highest BCUT2D eigenvalue weighted by molar-refractivity contribution is 6.07. The largest absolute Gasteiger partial charge is 0.461 e. The van der Waals surface area contributed by atoms with E-state index in [0.29, 0.717) is 12.8 Å². The van der Waals surface area contributed by atoms with Gasteiger partial charge in [0.25, 0.3) is 5.91 Å². The molecule has 1 N–H and O–H groups in total. The van der Waals surface area contributed by atoms with Crippen molar-refractivity contribution in [3.63, 3.8) is 0 Å². The molecule has 1 aliphatic heterocycles. The van der Waals surface area contributed by atoms with Gasteiger partial charge < -0.3 is 10.1 Å². The Morgan fingerprint density at radius 3 is 2.54 bits per heavy atom. The van der Waals surface area contributed by atoms with Gasteiger partial charge in [0.2, 0.25) is 0 Å². The lowest BCUT2D eigenvalue weighted by Crippen LogP contribution is -2.44. The standard InChI is InChI=1S/C18H22N2O4/c1-13-4-6-14(7-5-13)12-24-15(21)8-11-20-16(22)18(19-17(20)23)9-2-3-10-18/h4-7H,2-3,8-12H2,1H3,(H,19,23). The minimum absolute atomic E-state index is 0.0150. The minimum atomic E-state index is -0.719. The molecular formula is C18H22N2O4. The first-order valence-electron chi connectivity index (χ1n) is 8.35. The predicted molar refractivity (Wildman–Crippen MR) is 87.0 cm³/mol. The summed E-state index contributed by atoms with van der Waals surface area (Å²) in [7, 11) is 0. The number of ether oxygens (including phenoxy) is 1. The van der Waals surface area contributed by atoms with Crippen molar-refractivity contribution >= 4 is 17.9 Å². The zero-order chi connectivity index (χ0) is 17.2. The Bertz CT molecular complexity index is 647. The molecule has 128 valence electrons. The van der Waals surface area contributed by atoms with Gasteiger partial charge in [0.05, 0.1) is 6.42 Å². The zero-order valence-electron chi connectivity index (χ0n) is 13.8. The molecule has 1 saturated heterocycles. The SMILES string of the molecule is Cc1ccc(COC(=O)CCN2C(=O)NC3(CCCC3)C2=O)cc1. The van der Waals surface area contributed by atoms with E-state index in [9.17, 15) is 14.4 Å². The summed E-state index contributed by atoms with van der Waals surface area (Å²) in [6.45, 7) is 2.26. The molecule has 1 heterocycles. The van der Waals surface area contributed by atoms with Crippen molar-refractivity contribution in [3.8, 4) is 0 Å². The minimum Gasteiger partial charge on any atom is -0.461 e. The molecule has 0 atom stereocenters. The summed E-state index contributed by atoms with van der Waals surface area (Å²) in [5.41, 5.74) is 1.33. The molecule has 2 aliphatic rings. The molecule has 1 saturated carbocycles. The second-order valence-electron chi connectivity index (χ2n) is 6.57. The smallest absolute Gasteiger partial charge is 0.325 e. The fraction of sp³-hybridized carbons (Fsp3) is 0.500. The molecule has 1 spiro atoms. The lowest BCUT2D eigenvalue weighted by molar-refractivity contribution is -0.145. The normalized spacial score (nSPS) is 19.0. The molecule has 24 heavy (non-hydrogen) atoms. The monoisotopic (exact) mass is 330 g/mol. The van der Waals surface area contributed by atoms with Crippen molar-refractivity contribution in [1.29, 1.82) is 0 Å². The maximum absolute atomic E-state index is 12.5. The third kappa shape index (κ3) is 3.27. The van der Waals surface area contributed by atoms with Crippen molar-refractivity contribution in [2.75, 3.05) is 6.54 Å². The average Bonchev–Trinajstić information content (AvgIpc) is 3.12. The zero-order valence-corrected chi connectivity index (χ0v) is 13.8. The third-order valence-corrected chi connectivity index (χ3v) is 4.76. The van der Waals surface area contributed by atoms with Gasteiger partial charge in [0, 0.05) is 6.54 Å². The Kier molecular flexibility index (Phi) is 4.55. The van der Waals surface area contributed by atoms with E-state index >= 15 is 0 Å². The van der Waals surface area contributed by atoms with Gasteiger partial charge in [-0.15, -0.1) is 0 Å². The molecule has 3 amide bonds. The van der Waals surface area contributed by atoms with Gasteiger partial charge >= 0.3 is 12.0 Å². The summed E-state index contributed by atoms with van der Waals surface area (Å²) in [5.74, 6) is -0.611. The number of urea groups is 1. The van der Waals surface area contributed by atoms with Crippen LogP contribution in [-0.4, -0.2) is 34.9 Å². The number of carbonyl (C=O) groups is 3. The maximum Gasteiger partial charge on any atom is 0.325 e. The summed E-state index contributed by atoms with van der Waals surface area (Å²) < 4.78 is 5.21. The van der Waals surface area contributed by atoms with Gasteiger partial charge in [0.15, 0.2) is 0 Å². The molecule has 2 fully saturated rings. The number of aryl methyl sites for hydroxylation is 1. The maximum atomic E-state index is 12.5. The lowest BCUT2D eigenvalue weighted by atomic mass is 9.98. The first kappa shape index (κ1) is 16.5. The fourth-order valence-corrected chi connectivity index (χ4v) is 3.32. The third-order valence-electron chi connectivity index (χ3n) is 4.76. The summed E-state index contributed by atoms with van der Waals surface area (Å²) in [6.07, 6.45) is 3.27. The number of carbonyl (C=O) groups excluding carboxylic acids is 3. The number of benzene rings is 1. The molecule has 0 unspecified atom stereocenters. The molecule has 6 heteroatoms. The summed E-state index contributed by atoms with van der Waals surface area (Å²) in [5, 5.41) is 2.80. The summed E-state index contributed by atoms with van der Waals surface area (Å²) in [6, 6.07) is 7.33. The Morgan fingerprint density at radius 2 is 1.88 bits per heavy atom. The average molecular weight is 330 g/mol. The number of hydrogen-bond acceptors (Lipinski definition) is 4. The Morgan fingerprint density at radius 1 is 1.21 bits per heavy atom. The molecule has 1 aromatic carbocycles. The van der Waals surface area contributed by atoms with Crippen molar-refractivity contribution in [3.05, 3.63) is 35.4 Å². The van der Waals surface area contributed by atoms with Gasteiger partial charge in [-0.25, -0.2) is 4.79 Å². The highest BCUT2D eigenvalue weighted by Gasteiger charge is 2.52. The van der Waals surface area contributed by atoms with Crippen molar-refractivity contribution in [1.82, 2.24) is 10.2 Å². The molecule has 3 rings (SSSR count). The van der Waals surface area contributed by atoms with Crippen LogP contribution in [0.1, 0.15) is 43.2 Å². The molecule has 0 bridgehead atoms. The van der Waals surface area contributed by atoms with E-state index in [1.807, 2.05) is 31.2 Å². The van der Waals surface area contributed by atoms with Gasteiger partial charge in [0.1, 0.15) is 12.1 Å². The molecule has 6 nitrogen and oxygen atoms in total. The molecule has 1 aromatic rings. The van der Waals surface area contributed by atoms with Gasteiger partial charge in [-0.1, -0.05) is 42.7 Å². The molecular weight excluding hydrogens is 308 g/mol. The van der Waals surface area contributed by atoms with Crippen molar-refractivity contribution < 1.29 is 19.1 Å². The first-order chi connectivity index (χ1) is 11.5. The van der Waals surface area contributed by atoms with Crippen LogP contribution in [0.2, 0.25) is 0 Å². The number of amides is 3. The Hall–Kier alpha value is -2.37. The van der Waals surface area contributed by atoms with Gasteiger partial charge in [-0.05, 0) is 25.3 Å². The number of hydrogen-bond donors (Lipinski definition) is 1. The fourth-order valence-electron chi connectivity index (χ4n) is 3.32. The van der Waals surface area contributed by atoms with Crippen LogP contribution in [0.5, 0.6) is 0 Å². The highest BCUT2D eigenvalue weighted by atomic mass is 16.5. The highest BCUT2D eigenvalue weighted by Crippen LogP contribution is 2.35. The molecule has 0 radical (unpaired) electrons. The Balaban J connectivity index is 1.48. The van der Waals surface area contributed by atoms with Crippen LogP contribution in [0.3, 0.4) is 0 Å². The van der Waals surface area contributed by atoms with E-state index in [0.717, 1.165) is 28.9 Å². The van der Waals surface area contributed by atoms with E-state index in [-0.39, 0.29) is 25.5 Å². The predicted octanol–water partition coefficient (Wildman–Crippen LogP) is 2.29. The van der Waals surface area contributed by atoms with Crippen molar-refractivity contribution in [2.45, 2.75) is 51.2 Å². The molecule has 1 aliphatic carbocycles. The number of nitrogens with zero attached hydrogens (tertiary/aromatic N) is 1. The first-order valence-corrected chi connectivity index (χ1v) is 8.35. The topological polar surface area (TPSA) is 75.7 Å². The number of nitrogens with one attached hydrogen (secondary N) is 1. The number of esters is 1. The van der Waals surface area contributed by atoms with Crippen molar-refractivity contribution in [2.24, 2.45) is 0 Å². The second kappa shape index (κ2) is 6.63. The second-order valence-corrected chi connectivity index (χ2v) is 6.57. The van der Waals surface area contributed by atoms with Crippen LogP contribution in [0.4, 0.5) is 4.79 Å². The number of imide groups is 1. The molecule has 0 aromatic heterocycles. The van der Waals surface area contributed by atoms with E-state index in [2.05, 4.69) is 5.32 Å². The lowest BCUT2D eigenvalue weighted by Gasteiger charge is -2.19. The van der Waals surface area contributed by atoms with Crippen LogP contribution in [0.25, 0.3) is 0 Å². The van der Waals surface area contributed by atoms with Gasteiger partial charge in [-0.3, -0.25) is 14.5 Å². The quantitative estimate of drug-likeness (QED) is 0.664. The van der Waals surface area contributed by atoms with Crippen LogP contribution in [0.15, 0.2) is 24.3 Å². The van der Waals surface area contributed by atoms with E-state index < -0.39 is 17.5 Å². The summed E-state index contributed by atoms with van der Waals surface area (Å²) >= 11 is 0. The van der Waals surface area contributed by atoms with E-state index in [1.54, 1.807) is 0 Å². The van der Waals surface area contributed by atoms with Gasteiger partial charge in [-0.2, -0.15) is 0 Å². The van der Waals surface area contributed by atoms with Crippen LogP contribution >= 0.6 is 0 Å². The van der Waals surface area contributed by atoms with E-state index in [4.69, 9.17) is 4.74 Å². The number of rotatable bonds is 5. The van der Waals surface area contributed by atoms with Crippen LogP contribution < -0.4 is 5.32 Å². The van der Waals surface area contributed by atoms with Crippen LogP contribution in [0, 0.1) is 6.92 Å². The Labute approximate surface area is 141 Å². The van der Waals surface area contributed by atoms with Crippen LogP contribution in [-0.2, 0) is 20.9 Å². The van der Waals surface area contributed by atoms with E-state index in [1.165, 1.54) is 0 Å².